The van der Waals surface area contributed by atoms with E-state index in [0.29, 0.717) is 52.0 Å². The lowest BCUT2D eigenvalue weighted by molar-refractivity contribution is -0.128. The van der Waals surface area contributed by atoms with E-state index < -0.39 is 16.9 Å². The summed E-state index contributed by atoms with van der Waals surface area (Å²) in [4.78, 5) is 46.0. The average Bonchev–Trinajstić information content (AvgIpc) is 3.67. The second-order valence-corrected chi connectivity index (χ2v) is 11.4. The number of para-hydroxylation sites is 1. The van der Waals surface area contributed by atoms with Gasteiger partial charge in [0.15, 0.2) is 17.3 Å². The number of Topliss-reactive ketones (excluding diaryl/α,β-unsaturated/α-hetero) is 1. The molecule has 4 aliphatic rings. The second-order valence-electron chi connectivity index (χ2n) is 11.0. The first-order valence-corrected chi connectivity index (χ1v) is 13.7. The number of methoxy groups -OCH3 is 2. The summed E-state index contributed by atoms with van der Waals surface area (Å²) < 4.78 is 10.9. The molecule has 9 heteroatoms. The largest absolute Gasteiger partial charge is 0.493 e. The van der Waals surface area contributed by atoms with Gasteiger partial charge in [0.05, 0.1) is 30.8 Å². The number of amides is 2. The van der Waals surface area contributed by atoms with Crippen molar-refractivity contribution in [3.05, 3.63) is 81.9 Å². The van der Waals surface area contributed by atoms with Crippen LogP contribution in [0, 0.1) is 12.8 Å². The van der Waals surface area contributed by atoms with Crippen LogP contribution in [0.3, 0.4) is 0 Å². The Morgan fingerprint density at radius 2 is 1.75 bits per heavy atom. The van der Waals surface area contributed by atoms with Crippen LogP contribution >= 0.6 is 11.6 Å². The molecule has 0 saturated carbocycles. The summed E-state index contributed by atoms with van der Waals surface area (Å²) in [5, 5.41) is 6.49. The lowest BCUT2D eigenvalue weighted by atomic mass is 9.60. The molecule has 204 valence electrons. The molecule has 2 spiro atoms. The summed E-state index contributed by atoms with van der Waals surface area (Å²) in [6.45, 7) is 2.48. The standard InChI is InChI=1S/C31H28ClN3O5/c1-16-13-19-25(20(32)14-16)34-29(38)31(19)27(26(36)17-10-11-22(39-2)23(15-17)40-3)30(24-9-6-12-35(24)31)18-7-4-5-8-21(18)33-28(30)37/h4-5,7-8,10-11,13-15,24,27H,6,9,12H2,1-3H3,(H,33,37)(H,34,38)/t24-,27-,30-,31-/m1/s1. The fraction of sp³-hybridized carbons (Fsp3) is 0.323. The van der Waals surface area contributed by atoms with E-state index in [0.717, 1.165) is 17.5 Å². The first-order valence-electron chi connectivity index (χ1n) is 13.4. The van der Waals surface area contributed by atoms with Gasteiger partial charge in [0.1, 0.15) is 11.0 Å². The number of halogens is 1. The minimum absolute atomic E-state index is 0.263. The number of ether oxygens (including phenoxy) is 2. The number of nitrogens with zero attached hydrogens (tertiary/aromatic N) is 1. The number of hydrogen-bond donors (Lipinski definition) is 2. The fourth-order valence-corrected chi connectivity index (χ4v) is 8.21. The number of fused-ring (bicyclic) bond motifs is 7. The van der Waals surface area contributed by atoms with Crippen molar-refractivity contribution in [1.82, 2.24) is 4.90 Å². The molecule has 4 atom stereocenters. The van der Waals surface area contributed by atoms with Crippen LogP contribution in [0.4, 0.5) is 11.4 Å². The van der Waals surface area contributed by atoms with Crippen molar-refractivity contribution in [1.29, 1.82) is 0 Å². The monoisotopic (exact) mass is 557 g/mol. The number of ketones is 1. The summed E-state index contributed by atoms with van der Waals surface area (Å²) in [6.07, 6.45) is 1.46. The molecule has 0 radical (unpaired) electrons. The normalized spacial score (nSPS) is 27.9. The topological polar surface area (TPSA) is 97.0 Å². The van der Waals surface area contributed by atoms with E-state index in [2.05, 4.69) is 15.5 Å². The molecular formula is C31H28ClN3O5. The smallest absolute Gasteiger partial charge is 0.250 e. The van der Waals surface area contributed by atoms with Gasteiger partial charge in [-0.25, -0.2) is 0 Å². The zero-order chi connectivity index (χ0) is 28.0. The van der Waals surface area contributed by atoms with Crippen LogP contribution in [0.15, 0.2) is 54.6 Å². The molecule has 40 heavy (non-hydrogen) atoms. The highest BCUT2D eigenvalue weighted by Crippen LogP contribution is 2.66. The SMILES string of the molecule is COc1ccc(C(=O)[C@@H]2[C@]3(C(=O)Nc4ccccc43)[C@H]3CCCN3[C@@]23C(=O)Nc2c(Cl)cc(C)cc23)cc1OC. The highest BCUT2D eigenvalue weighted by molar-refractivity contribution is 6.35. The number of anilines is 2. The molecule has 4 heterocycles. The number of nitrogens with one attached hydrogen (secondary N) is 2. The number of benzene rings is 3. The van der Waals surface area contributed by atoms with E-state index in [4.69, 9.17) is 21.1 Å². The third-order valence-corrected chi connectivity index (χ3v) is 9.56. The van der Waals surface area contributed by atoms with Gasteiger partial charge in [-0.3, -0.25) is 19.3 Å². The van der Waals surface area contributed by atoms with Gasteiger partial charge in [-0.2, -0.15) is 0 Å². The number of carbonyl (C=O) groups is 3. The second kappa shape index (κ2) is 8.56. The Morgan fingerprint density at radius 1 is 0.975 bits per heavy atom. The fourth-order valence-electron chi connectivity index (χ4n) is 7.89. The van der Waals surface area contributed by atoms with Gasteiger partial charge in [0.25, 0.3) is 0 Å². The van der Waals surface area contributed by atoms with Crippen LogP contribution in [0.2, 0.25) is 5.02 Å². The maximum Gasteiger partial charge on any atom is 0.250 e. The molecular weight excluding hydrogens is 530 g/mol. The molecule has 3 aromatic rings. The molecule has 0 aromatic heterocycles. The molecule has 0 aliphatic carbocycles. The van der Waals surface area contributed by atoms with Gasteiger partial charge in [0, 0.05) is 22.9 Å². The number of rotatable bonds is 4. The first-order chi connectivity index (χ1) is 19.3. The molecule has 2 N–H and O–H groups in total. The maximum absolute atomic E-state index is 15.0. The zero-order valence-electron chi connectivity index (χ0n) is 22.3. The Hall–Kier alpha value is -3.88. The van der Waals surface area contributed by atoms with Crippen LogP contribution in [0.25, 0.3) is 0 Å². The average molecular weight is 558 g/mol. The predicted octanol–water partition coefficient (Wildman–Crippen LogP) is 4.68. The summed E-state index contributed by atoms with van der Waals surface area (Å²) in [5.41, 5.74) is 1.01. The van der Waals surface area contributed by atoms with Gasteiger partial charge < -0.3 is 20.1 Å². The van der Waals surface area contributed by atoms with E-state index in [1.807, 2.05) is 37.3 Å². The van der Waals surface area contributed by atoms with Crippen LogP contribution in [0.1, 0.15) is 39.9 Å². The van der Waals surface area contributed by atoms with Gasteiger partial charge in [0.2, 0.25) is 11.8 Å². The molecule has 0 bridgehead atoms. The minimum atomic E-state index is -1.44. The summed E-state index contributed by atoms with van der Waals surface area (Å²) >= 11 is 6.70. The first kappa shape index (κ1) is 25.1. The summed E-state index contributed by atoms with van der Waals surface area (Å²) in [6, 6.07) is 15.8. The van der Waals surface area contributed by atoms with Gasteiger partial charge in [-0.15, -0.1) is 0 Å². The highest BCUT2D eigenvalue weighted by Gasteiger charge is 2.79. The Morgan fingerprint density at radius 3 is 2.52 bits per heavy atom. The van der Waals surface area contributed by atoms with Crippen molar-refractivity contribution in [2.45, 2.75) is 36.8 Å². The molecule has 2 saturated heterocycles. The van der Waals surface area contributed by atoms with E-state index in [1.54, 1.807) is 24.3 Å². The Bertz CT molecular complexity index is 1640. The number of aryl methyl sites for hydroxylation is 1. The Labute approximate surface area is 236 Å². The third-order valence-electron chi connectivity index (χ3n) is 9.26. The van der Waals surface area contributed by atoms with Crippen LogP contribution in [-0.2, 0) is 20.5 Å². The molecule has 0 unspecified atom stereocenters. The maximum atomic E-state index is 15.0. The highest BCUT2D eigenvalue weighted by atomic mass is 35.5. The van der Waals surface area contributed by atoms with Crippen molar-refractivity contribution >= 4 is 40.6 Å². The number of carbonyl (C=O) groups excluding carboxylic acids is 3. The lowest BCUT2D eigenvalue weighted by Gasteiger charge is -2.38. The molecule has 2 fully saturated rings. The van der Waals surface area contributed by atoms with Crippen molar-refractivity contribution in [3.8, 4) is 11.5 Å². The quantitative estimate of drug-likeness (QED) is 0.452. The molecule has 4 aliphatic heterocycles. The summed E-state index contributed by atoms with van der Waals surface area (Å²) in [5.74, 6) is -1.13. The zero-order valence-corrected chi connectivity index (χ0v) is 23.1. The molecule has 8 nitrogen and oxygen atoms in total. The molecule has 3 aromatic carbocycles. The van der Waals surface area contributed by atoms with Crippen molar-refractivity contribution in [2.75, 3.05) is 31.4 Å². The molecule has 2 amide bonds. The van der Waals surface area contributed by atoms with E-state index in [-0.39, 0.29) is 23.6 Å². The lowest BCUT2D eigenvalue weighted by Crippen LogP contribution is -2.55. The van der Waals surface area contributed by atoms with Crippen molar-refractivity contribution < 1.29 is 23.9 Å². The predicted molar refractivity (Wildman–Crippen MR) is 150 cm³/mol. The van der Waals surface area contributed by atoms with Gasteiger partial charge in [-0.1, -0.05) is 35.9 Å². The summed E-state index contributed by atoms with van der Waals surface area (Å²) in [7, 11) is 3.04. The van der Waals surface area contributed by atoms with Gasteiger partial charge >= 0.3 is 0 Å². The number of hydrogen-bond acceptors (Lipinski definition) is 6. The Balaban J connectivity index is 1.57. The van der Waals surface area contributed by atoms with Crippen LogP contribution in [0.5, 0.6) is 11.5 Å². The van der Waals surface area contributed by atoms with Crippen molar-refractivity contribution in [2.24, 2.45) is 5.92 Å². The third kappa shape index (κ3) is 2.87. The minimum Gasteiger partial charge on any atom is -0.493 e. The molecule has 7 rings (SSSR count). The Kier molecular flexibility index (Phi) is 5.37. The van der Waals surface area contributed by atoms with E-state index >= 15 is 4.79 Å². The van der Waals surface area contributed by atoms with Crippen molar-refractivity contribution in [3.63, 3.8) is 0 Å². The van der Waals surface area contributed by atoms with E-state index in [1.165, 1.54) is 14.2 Å². The van der Waals surface area contributed by atoms with Crippen LogP contribution in [-0.4, -0.2) is 49.3 Å². The van der Waals surface area contributed by atoms with E-state index in [9.17, 15) is 9.59 Å². The van der Waals surface area contributed by atoms with Gasteiger partial charge in [-0.05, 0) is 67.8 Å². The van der Waals surface area contributed by atoms with Crippen LogP contribution < -0.4 is 20.1 Å².